The number of ether oxygens (including phenoxy) is 1. The number of rotatable bonds is 0. The van der Waals surface area contributed by atoms with E-state index < -0.39 is 6.10 Å². The predicted molar refractivity (Wildman–Crippen MR) is 26.1 cm³/mol. The van der Waals surface area contributed by atoms with Crippen LogP contribution in [0, 0.1) is 0 Å². The van der Waals surface area contributed by atoms with Crippen molar-refractivity contribution in [2.75, 3.05) is 13.2 Å². The van der Waals surface area contributed by atoms with Crippen molar-refractivity contribution in [3.05, 3.63) is 0 Å². The van der Waals surface area contributed by atoms with Crippen LogP contribution in [0.25, 0.3) is 0 Å². The minimum atomic E-state index is -0.552. The average Bonchev–Trinajstić information content (AvgIpc) is 1.77. The van der Waals surface area contributed by atoms with Gasteiger partial charge in [-0.25, -0.2) is 0 Å². The minimum absolute atomic E-state index is 0.316. The molecule has 0 radical (unpaired) electrons. The monoisotopic (exact) mass is 103 g/mol. The van der Waals surface area contributed by atoms with E-state index in [-0.39, 0.29) is 6.40 Å². The third-order valence-electron chi connectivity index (χ3n) is 0.990. The number of aliphatic hydroxyl groups is 1. The Balaban J connectivity index is 2.28. The molecule has 0 unspecified atom stereocenters. The van der Waals surface area contributed by atoms with Crippen LogP contribution in [0.1, 0.15) is 14.2 Å². The summed E-state index contributed by atoms with van der Waals surface area (Å²) in [6.45, 7) is 0.972. The molecule has 0 aliphatic carbocycles. The molecule has 1 heterocycles. The fourth-order valence-corrected chi connectivity index (χ4v) is 0.616. The normalized spacial score (nSPS) is 45.6. The van der Waals surface area contributed by atoms with Crippen LogP contribution in [-0.4, -0.2) is 24.4 Å². The van der Waals surface area contributed by atoms with Crippen LogP contribution < -0.4 is 0 Å². The van der Waals surface area contributed by atoms with Crippen molar-refractivity contribution in [2.24, 2.45) is 0 Å². The van der Waals surface area contributed by atoms with Crippen LogP contribution in [0.5, 0.6) is 0 Å². The van der Waals surface area contributed by atoms with Gasteiger partial charge in [-0.3, -0.25) is 0 Å². The van der Waals surface area contributed by atoms with Gasteiger partial charge in [-0.05, 0) is 12.8 Å². The predicted octanol–water partition coefficient (Wildman–Crippen LogP) is 0.158. The van der Waals surface area contributed by atoms with Gasteiger partial charge in [-0.2, -0.15) is 0 Å². The SMILES string of the molecule is [2H][C@@H]1CCOC[C@H]1O. The fourth-order valence-electron chi connectivity index (χ4n) is 0.616. The van der Waals surface area contributed by atoms with E-state index in [1.165, 1.54) is 0 Å². The third kappa shape index (κ3) is 1.45. The Kier molecular flexibility index (Phi) is 1.26. The highest BCUT2D eigenvalue weighted by molar-refractivity contribution is 4.57. The van der Waals surface area contributed by atoms with Gasteiger partial charge in [0, 0.05) is 7.98 Å². The molecular formula is C5H10O2. The molecule has 1 fully saturated rings. The second kappa shape index (κ2) is 2.28. The molecule has 7 heavy (non-hydrogen) atoms. The molecule has 2 atom stereocenters. The quantitative estimate of drug-likeness (QED) is 0.473. The Bertz CT molecular complexity index is 66.8. The van der Waals surface area contributed by atoms with E-state index in [9.17, 15) is 0 Å². The van der Waals surface area contributed by atoms with Crippen molar-refractivity contribution in [1.29, 1.82) is 0 Å². The Morgan fingerprint density at radius 3 is 3.14 bits per heavy atom. The van der Waals surface area contributed by atoms with E-state index in [2.05, 4.69) is 0 Å². The molecular weight excluding hydrogens is 92.1 g/mol. The zero-order chi connectivity index (χ0) is 5.98. The van der Waals surface area contributed by atoms with Gasteiger partial charge in [0.15, 0.2) is 0 Å². The van der Waals surface area contributed by atoms with Gasteiger partial charge in [-0.1, -0.05) is 0 Å². The molecule has 1 aliphatic rings. The Morgan fingerprint density at radius 1 is 1.86 bits per heavy atom. The van der Waals surface area contributed by atoms with Crippen molar-refractivity contribution in [3.63, 3.8) is 0 Å². The summed E-state index contributed by atoms with van der Waals surface area (Å²) in [6.07, 6.45) is -0.200. The second-order valence-electron chi connectivity index (χ2n) is 1.67. The van der Waals surface area contributed by atoms with E-state index >= 15 is 0 Å². The lowest BCUT2D eigenvalue weighted by molar-refractivity contribution is -0.00535. The van der Waals surface area contributed by atoms with E-state index in [4.69, 9.17) is 11.2 Å². The first-order valence-corrected chi connectivity index (χ1v) is 2.49. The Labute approximate surface area is 44.5 Å². The highest BCUT2D eigenvalue weighted by Crippen LogP contribution is 2.03. The van der Waals surface area contributed by atoms with Crippen molar-refractivity contribution in [3.8, 4) is 0 Å². The van der Waals surface area contributed by atoms with Crippen LogP contribution >= 0.6 is 0 Å². The zero-order valence-electron chi connectivity index (χ0n) is 5.13. The molecule has 1 aliphatic heterocycles. The van der Waals surface area contributed by atoms with Gasteiger partial charge in [0.05, 0.1) is 12.7 Å². The molecule has 2 nitrogen and oxygen atoms in total. The van der Waals surface area contributed by atoms with Crippen LogP contribution in [0.15, 0.2) is 0 Å². The van der Waals surface area contributed by atoms with E-state index in [0.717, 1.165) is 0 Å². The van der Waals surface area contributed by atoms with Gasteiger partial charge in [-0.15, -0.1) is 0 Å². The summed E-state index contributed by atoms with van der Waals surface area (Å²) in [4.78, 5) is 0. The first-order chi connectivity index (χ1) is 3.80. The summed E-state index contributed by atoms with van der Waals surface area (Å²) in [6, 6.07) is 0. The van der Waals surface area contributed by atoms with Gasteiger partial charge < -0.3 is 9.84 Å². The Morgan fingerprint density at radius 2 is 2.71 bits per heavy atom. The molecule has 0 amide bonds. The molecule has 0 saturated carbocycles. The summed E-state index contributed by atoms with van der Waals surface area (Å²) < 4.78 is 12.0. The molecule has 2 heteroatoms. The average molecular weight is 103 g/mol. The van der Waals surface area contributed by atoms with Gasteiger partial charge >= 0.3 is 0 Å². The topological polar surface area (TPSA) is 29.5 Å². The lowest BCUT2D eigenvalue weighted by atomic mass is 10.2. The van der Waals surface area contributed by atoms with E-state index in [1.54, 1.807) is 0 Å². The summed E-state index contributed by atoms with van der Waals surface area (Å²) >= 11 is 0. The van der Waals surface area contributed by atoms with Gasteiger partial charge in [0.1, 0.15) is 0 Å². The maximum Gasteiger partial charge on any atom is 0.0774 e. The molecule has 0 aromatic heterocycles. The molecule has 1 rings (SSSR count). The van der Waals surface area contributed by atoms with E-state index in [0.29, 0.717) is 19.6 Å². The molecule has 0 spiro atoms. The summed E-state index contributed by atoms with van der Waals surface area (Å²) in [5.41, 5.74) is 0. The Hall–Kier alpha value is -0.0800. The highest BCUT2D eigenvalue weighted by Gasteiger charge is 2.07. The van der Waals surface area contributed by atoms with Crippen LogP contribution in [0.4, 0.5) is 0 Å². The summed E-state index contributed by atoms with van der Waals surface area (Å²) in [5, 5.41) is 8.87. The van der Waals surface area contributed by atoms with Crippen molar-refractivity contribution < 1.29 is 11.2 Å². The maximum absolute atomic E-state index is 8.87. The first kappa shape index (κ1) is 3.87. The fraction of sp³-hybridized carbons (Fsp3) is 1.00. The standard InChI is InChI=1S/C5H10O2/c6-5-2-1-3-7-4-5/h5-6H,1-4H2/t5-/m0/s1/i2D/t2-,5+/m1. The molecule has 42 valence electrons. The zero-order valence-corrected chi connectivity index (χ0v) is 4.13. The summed E-state index contributed by atoms with van der Waals surface area (Å²) in [5.74, 6) is 0. The highest BCUT2D eigenvalue weighted by atomic mass is 16.5. The summed E-state index contributed by atoms with van der Waals surface area (Å²) in [7, 11) is 0. The van der Waals surface area contributed by atoms with Crippen LogP contribution in [-0.2, 0) is 4.74 Å². The van der Waals surface area contributed by atoms with Crippen molar-refractivity contribution >= 4 is 0 Å². The van der Waals surface area contributed by atoms with Crippen molar-refractivity contribution in [2.45, 2.75) is 18.9 Å². The number of aliphatic hydroxyl groups excluding tert-OH is 1. The first-order valence-electron chi connectivity index (χ1n) is 3.06. The molecule has 0 aromatic rings. The van der Waals surface area contributed by atoms with Crippen molar-refractivity contribution in [1.82, 2.24) is 0 Å². The molecule has 1 N–H and O–H groups in total. The number of hydrogen-bond acceptors (Lipinski definition) is 2. The largest absolute Gasteiger partial charge is 0.391 e. The van der Waals surface area contributed by atoms with E-state index in [1.807, 2.05) is 0 Å². The van der Waals surface area contributed by atoms with Crippen LogP contribution in [0.3, 0.4) is 0 Å². The third-order valence-corrected chi connectivity index (χ3v) is 0.990. The molecule has 0 bridgehead atoms. The van der Waals surface area contributed by atoms with Gasteiger partial charge in [0.25, 0.3) is 0 Å². The minimum Gasteiger partial charge on any atom is -0.391 e. The maximum atomic E-state index is 8.87. The van der Waals surface area contributed by atoms with Crippen LogP contribution in [0.2, 0.25) is 0 Å². The lowest BCUT2D eigenvalue weighted by Gasteiger charge is -2.15. The lowest BCUT2D eigenvalue weighted by Crippen LogP contribution is -2.21. The smallest absolute Gasteiger partial charge is 0.0774 e. The number of hydrogen-bond donors (Lipinski definition) is 1. The second-order valence-corrected chi connectivity index (χ2v) is 1.67. The molecule has 0 aromatic carbocycles. The molecule has 1 saturated heterocycles. The van der Waals surface area contributed by atoms with Gasteiger partial charge in [0.2, 0.25) is 0 Å².